The van der Waals surface area contributed by atoms with E-state index in [0.29, 0.717) is 25.5 Å². The topological polar surface area (TPSA) is 46.0 Å². The fourth-order valence-corrected chi connectivity index (χ4v) is 2.29. The molecule has 0 spiro atoms. The van der Waals surface area contributed by atoms with Gasteiger partial charge in [-0.25, -0.2) is 0 Å². The molecule has 1 aliphatic rings. The Morgan fingerprint density at radius 2 is 2.15 bits per heavy atom. The van der Waals surface area contributed by atoms with E-state index in [1.165, 1.54) is 4.57 Å². The Hall–Kier alpha value is -1.41. The second kappa shape index (κ2) is 5.92. The molecule has 1 unspecified atom stereocenters. The van der Waals surface area contributed by atoms with Crippen molar-refractivity contribution in [2.24, 2.45) is 0 Å². The predicted octanol–water partition coefficient (Wildman–Crippen LogP) is 1.28. The third-order valence-electron chi connectivity index (χ3n) is 3.39. The van der Waals surface area contributed by atoms with Gasteiger partial charge in [0.2, 0.25) is 5.82 Å². The molecule has 0 aliphatic carbocycles. The highest BCUT2D eigenvalue weighted by molar-refractivity contribution is 5.02. The summed E-state index contributed by atoms with van der Waals surface area (Å²) in [6.45, 7) is 8.34. The summed E-state index contributed by atoms with van der Waals surface area (Å²) in [5, 5.41) is 10.1. The van der Waals surface area contributed by atoms with Crippen molar-refractivity contribution in [1.82, 2.24) is 25.0 Å². The van der Waals surface area contributed by atoms with Crippen molar-refractivity contribution in [3.63, 3.8) is 0 Å². The van der Waals surface area contributed by atoms with E-state index < -0.39 is 12.0 Å². The van der Waals surface area contributed by atoms with E-state index in [1.54, 1.807) is 6.08 Å². The Morgan fingerprint density at radius 3 is 2.80 bits per heavy atom. The SMILES string of the molecule is C=CCNCC(C)N1CCn2c(nnc2C(F)(F)F)C1. The Labute approximate surface area is 115 Å². The van der Waals surface area contributed by atoms with Crippen LogP contribution in [0, 0.1) is 0 Å². The monoisotopic (exact) mass is 289 g/mol. The molecule has 1 atom stereocenters. The highest BCUT2D eigenvalue weighted by Crippen LogP contribution is 2.29. The van der Waals surface area contributed by atoms with E-state index in [2.05, 4.69) is 27.0 Å². The number of nitrogens with one attached hydrogen (secondary N) is 1. The lowest BCUT2D eigenvalue weighted by atomic mass is 10.2. The molecule has 0 fully saturated rings. The van der Waals surface area contributed by atoms with E-state index in [0.717, 1.165) is 6.54 Å². The van der Waals surface area contributed by atoms with Crippen molar-refractivity contribution >= 4 is 0 Å². The molecule has 0 aromatic carbocycles. The summed E-state index contributed by atoms with van der Waals surface area (Å²) in [5.41, 5.74) is 0. The number of halogens is 3. The van der Waals surface area contributed by atoms with Gasteiger partial charge >= 0.3 is 6.18 Å². The zero-order valence-electron chi connectivity index (χ0n) is 11.3. The molecule has 1 aromatic heterocycles. The van der Waals surface area contributed by atoms with Crippen LogP contribution in [0.2, 0.25) is 0 Å². The molecule has 2 rings (SSSR count). The Morgan fingerprint density at radius 1 is 1.40 bits per heavy atom. The number of hydrogen-bond acceptors (Lipinski definition) is 4. The minimum Gasteiger partial charge on any atom is -0.312 e. The number of fused-ring (bicyclic) bond motifs is 1. The first-order chi connectivity index (χ1) is 9.43. The van der Waals surface area contributed by atoms with Crippen molar-refractivity contribution in [3.8, 4) is 0 Å². The van der Waals surface area contributed by atoms with Crippen molar-refractivity contribution in [3.05, 3.63) is 24.3 Å². The molecule has 112 valence electrons. The third kappa shape index (κ3) is 3.18. The van der Waals surface area contributed by atoms with Gasteiger partial charge in [-0.3, -0.25) is 4.90 Å². The maximum atomic E-state index is 12.7. The first-order valence-corrected chi connectivity index (χ1v) is 6.48. The van der Waals surface area contributed by atoms with Gasteiger partial charge in [0.1, 0.15) is 5.82 Å². The van der Waals surface area contributed by atoms with Crippen molar-refractivity contribution in [2.45, 2.75) is 32.2 Å². The van der Waals surface area contributed by atoms with Crippen LogP contribution in [0.3, 0.4) is 0 Å². The summed E-state index contributed by atoms with van der Waals surface area (Å²) >= 11 is 0. The fourth-order valence-electron chi connectivity index (χ4n) is 2.29. The minimum atomic E-state index is -4.44. The van der Waals surface area contributed by atoms with E-state index in [1.807, 2.05) is 6.92 Å². The Bertz CT molecular complexity index is 468. The lowest BCUT2D eigenvalue weighted by molar-refractivity contribution is -0.148. The quantitative estimate of drug-likeness (QED) is 0.655. The fraction of sp³-hybridized carbons (Fsp3) is 0.667. The molecule has 0 amide bonds. The van der Waals surface area contributed by atoms with Crippen LogP contribution >= 0.6 is 0 Å². The van der Waals surface area contributed by atoms with E-state index in [-0.39, 0.29) is 12.6 Å². The average Bonchev–Trinajstić information content (AvgIpc) is 2.81. The molecule has 0 saturated carbocycles. The Balaban J connectivity index is 2.01. The van der Waals surface area contributed by atoms with Gasteiger partial charge in [-0.1, -0.05) is 6.08 Å². The summed E-state index contributed by atoms with van der Waals surface area (Å²) in [5.74, 6) is -0.524. The first kappa shape index (κ1) is 15.0. The normalized spacial score (nSPS) is 17.8. The molecule has 0 saturated heterocycles. The first-order valence-electron chi connectivity index (χ1n) is 6.48. The van der Waals surface area contributed by atoms with Crippen LogP contribution in [-0.4, -0.2) is 45.3 Å². The van der Waals surface area contributed by atoms with Gasteiger partial charge in [0, 0.05) is 32.2 Å². The van der Waals surface area contributed by atoms with Gasteiger partial charge < -0.3 is 9.88 Å². The van der Waals surface area contributed by atoms with Gasteiger partial charge in [0.25, 0.3) is 0 Å². The van der Waals surface area contributed by atoms with Gasteiger partial charge in [0.15, 0.2) is 0 Å². The maximum absolute atomic E-state index is 12.7. The predicted molar refractivity (Wildman–Crippen MR) is 68.0 cm³/mol. The highest BCUT2D eigenvalue weighted by Gasteiger charge is 2.39. The van der Waals surface area contributed by atoms with E-state index in [4.69, 9.17) is 0 Å². The summed E-state index contributed by atoms with van der Waals surface area (Å²) in [6, 6.07) is 0.217. The number of nitrogens with zero attached hydrogens (tertiary/aromatic N) is 4. The molecule has 2 heterocycles. The largest absolute Gasteiger partial charge is 0.451 e. The molecule has 1 N–H and O–H groups in total. The van der Waals surface area contributed by atoms with Gasteiger partial charge in [-0.2, -0.15) is 13.2 Å². The van der Waals surface area contributed by atoms with Crippen LogP contribution < -0.4 is 5.32 Å². The zero-order valence-corrected chi connectivity index (χ0v) is 11.3. The molecule has 1 aliphatic heterocycles. The summed E-state index contributed by atoms with van der Waals surface area (Å²) in [6.07, 6.45) is -2.67. The molecule has 5 nitrogen and oxygen atoms in total. The van der Waals surface area contributed by atoms with Crippen LogP contribution in [0.25, 0.3) is 0 Å². The maximum Gasteiger partial charge on any atom is 0.451 e. The van der Waals surface area contributed by atoms with Gasteiger partial charge in [0.05, 0.1) is 6.54 Å². The third-order valence-corrected chi connectivity index (χ3v) is 3.39. The van der Waals surface area contributed by atoms with Crippen LogP contribution in [0.5, 0.6) is 0 Å². The number of alkyl halides is 3. The lowest BCUT2D eigenvalue weighted by Crippen LogP contribution is -2.45. The molecular formula is C12H18F3N5. The lowest BCUT2D eigenvalue weighted by Gasteiger charge is -2.32. The number of hydrogen-bond donors (Lipinski definition) is 1. The second-order valence-electron chi connectivity index (χ2n) is 4.86. The smallest absolute Gasteiger partial charge is 0.312 e. The Kier molecular flexibility index (Phi) is 4.44. The van der Waals surface area contributed by atoms with Crippen LogP contribution in [0.1, 0.15) is 18.6 Å². The standard InChI is InChI=1S/C12H18F3N5/c1-3-4-16-7-9(2)19-5-6-20-10(8-19)17-18-11(20)12(13,14)15/h3,9,16H,1,4-8H2,2H3. The van der Waals surface area contributed by atoms with Crippen molar-refractivity contribution < 1.29 is 13.2 Å². The van der Waals surface area contributed by atoms with Crippen LogP contribution in [-0.2, 0) is 19.3 Å². The molecule has 1 aromatic rings. The number of rotatable bonds is 5. The van der Waals surface area contributed by atoms with Gasteiger partial charge in [-0.15, -0.1) is 16.8 Å². The summed E-state index contributed by atoms with van der Waals surface area (Å²) in [4.78, 5) is 2.10. The van der Waals surface area contributed by atoms with E-state index >= 15 is 0 Å². The zero-order chi connectivity index (χ0) is 14.8. The van der Waals surface area contributed by atoms with Crippen LogP contribution in [0.4, 0.5) is 13.2 Å². The highest BCUT2D eigenvalue weighted by atomic mass is 19.4. The average molecular weight is 289 g/mol. The van der Waals surface area contributed by atoms with E-state index in [9.17, 15) is 13.2 Å². The van der Waals surface area contributed by atoms with Gasteiger partial charge in [-0.05, 0) is 6.92 Å². The van der Waals surface area contributed by atoms with Crippen molar-refractivity contribution in [1.29, 1.82) is 0 Å². The summed E-state index contributed by atoms with van der Waals surface area (Å²) in [7, 11) is 0. The second-order valence-corrected chi connectivity index (χ2v) is 4.86. The minimum absolute atomic E-state index is 0.217. The molecule has 20 heavy (non-hydrogen) atoms. The molecule has 0 bridgehead atoms. The van der Waals surface area contributed by atoms with Crippen LogP contribution in [0.15, 0.2) is 12.7 Å². The summed E-state index contributed by atoms with van der Waals surface area (Å²) < 4.78 is 39.3. The molecule has 8 heteroatoms. The number of aromatic nitrogens is 3. The van der Waals surface area contributed by atoms with Crippen molar-refractivity contribution in [2.75, 3.05) is 19.6 Å². The molecular weight excluding hydrogens is 271 g/mol. The molecule has 0 radical (unpaired) electrons.